The van der Waals surface area contributed by atoms with Crippen LogP contribution in [0.5, 0.6) is 6.01 Å². The van der Waals surface area contributed by atoms with E-state index in [0.29, 0.717) is 11.3 Å². The number of hydrogen-bond acceptors (Lipinski definition) is 6. The molecule has 2 atom stereocenters. The molecule has 0 aliphatic rings. The highest BCUT2D eigenvalue weighted by Gasteiger charge is 2.22. The van der Waals surface area contributed by atoms with Crippen molar-refractivity contribution >= 4 is 23.8 Å². The Morgan fingerprint density at radius 2 is 1.89 bits per heavy atom. The summed E-state index contributed by atoms with van der Waals surface area (Å²) in [4.78, 5) is 24.2. The van der Waals surface area contributed by atoms with Crippen LogP contribution >= 0.6 is 18.5 Å². The fraction of sp³-hybridized carbons (Fsp3) is 0.235. The summed E-state index contributed by atoms with van der Waals surface area (Å²) in [5.74, 6) is 0. The Bertz CT molecular complexity index is 1040. The SMILES string of the molecule is Cc1ncc(Cn2nc(-c3cnc(OCC(F)(F)P)nc3)ccc2=O)cc1P. The zero-order valence-corrected chi connectivity index (χ0v) is 17.2. The summed E-state index contributed by atoms with van der Waals surface area (Å²) in [6.45, 7) is 1.31. The van der Waals surface area contributed by atoms with Crippen LogP contribution < -0.4 is 15.6 Å². The molecule has 7 nitrogen and oxygen atoms in total. The molecule has 0 aromatic carbocycles. The summed E-state index contributed by atoms with van der Waals surface area (Å²) < 4.78 is 31.7. The molecule has 3 aromatic heterocycles. The molecule has 0 saturated heterocycles. The van der Waals surface area contributed by atoms with Gasteiger partial charge in [-0.25, -0.2) is 14.6 Å². The summed E-state index contributed by atoms with van der Waals surface area (Å²) in [6, 6.07) is 4.69. The van der Waals surface area contributed by atoms with Crippen LogP contribution in [0.15, 0.2) is 41.6 Å². The quantitative estimate of drug-likeness (QED) is 0.563. The first-order valence-electron chi connectivity index (χ1n) is 8.12. The van der Waals surface area contributed by atoms with Crippen LogP contribution in [0.1, 0.15) is 11.3 Å². The van der Waals surface area contributed by atoms with Crippen molar-refractivity contribution in [2.45, 2.75) is 19.1 Å². The number of rotatable bonds is 6. The molecular weight excluding hydrogens is 406 g/mol. The Balaban J connectivity index is 1.80. The topological polar surface area (TPSA) is 82.8 Å². The maximum Gasteiger partial charge on any atom is 0.316 e. The number of nitrogens with zero attached hydrogens (tertiary/aromatic N) is 5. The van der Waals surface area contributed by atoms with Crippen molar-refractivity contribution in [1.29, 1.82) is 0 Å². The van der Waals surface area contributed by atoms with Crippen molar-refractivity contribution in [2.75, 3.05) is 6.61 Å². The van der Waals surface area contributed by atoms with Gasteiger partial charge in [0.15, 0.2) is 6.61 Å². The molecule has 0 bridgehead atoms. The maximum absolute atomic E-state index is 12.8. The van der Waals surface area contributed by atoms with Gasteiger partial charge in [0.25, 0.3) is 11.2 Å². The first-order valence-corrected chi connectivity index (χ1v) is 9.28. The molecule has 28 heavy (non-hydrogen) atoms. The smallest absolute Gasteiger partial charge is 0.316 e. The second-order valence-electron chi connectivity index (χ2n) is 6.04. The van der Waals surface area contributed by atoms with Crippen molar-refractivity contribution in [3.63, 3.8) is 0 Å². The number of halogens is 2. The lowest BCUT2D eigenvalue weighted by Crippen LogP contribution is -2.23. The molecule has 2 unspecified atom stereocenters. The molecular formula is C17H17F2N5O2P2. The van der Waals surface area contributed by atoms with Gasteiger partial charge in [0.05, 0.1) is 12.2 Å². The van der Waals surface area contributed by atoms with Gasteiger partial charge in [-0.15, -0.1) is 9.24 Å². The van der Waals surface area contributed by atoms with Gasteiger partial charge in [-0.3, -0.25) is 9.78 Å². The zero-order chi connectivity index (χ0) is 20.3. The van der Waals surface area contributed by atoms with E-state index in [4.69, 9.17) is 4.74 Å². The van der Waals surface area contributed by atoms with E-state index < -0.39 is 12.3 Å². The molecule has 0 spiro atoms. The van der Waals surface area contributed by atoms with Gasteiger partial charge in [0, 0.05) is 35.9 Å². The van der Waals surface area contributed by atoms with Gasteiger partial charge in [-0.05, 0) is 29.9 Å². The van der Waals surface area contributed by atoms with Gasteiger partial charge in [0.1, 0.15) is 0 Å². The third kappa shape index (κ3) is 5.33. The van der Waals surface area contributed by atoms with Gasteiger partial charge >= 0.3 is 6.01 Å². The zero-order valence-electron chi connectivity index (χ0n) is 14.8. The average Bonchev–Trinajstić information content (AvgIpc) is 2.65. The molecule has 0 aliphatic carbocycles. The molecule has 3 heterocycles. The average molecular weight is 423 g/mol. The summed E-state index contributed by atoms with van der Waals surface area (Å²) in [5.41, 5.74) is -0.609. The first kappa shape index (κ1) is 20.4. The minimum absolute atomic E-state index is 0.169. The number of alkyl halides is 2. The molecule has 0 N–H and O–H groups in total. The van der Waals surface area contributed by atoms with Crippen molar-refractivity contribution in [3.05, 3.63) is 58.4 Å². The van der Waals surface area contributed by atoms with Crippen LogP contribution in [0.25, 0.3) is 11.3 Å². The first-order chi connectivity index (χ1) is 13.2. The Morgan fingerprint density at radius 1 is 1.18 bits per heavy atom. The fourth-order valence-electron chi connectivity index (χ4n) is 2.26. The normalized spacial score (nSPS) is 11.5. The lowest BCUT2D eigenvalue weighted by atomic mass is 10.2. The van der Waals surface area contributed by atoms with E-state index in [1.165, 1.54) is 32.4 Å². The van der Waals surface area contributed by atoms with Crippen LogP contribution in [0.4, 0.5) is 8.78 Å². The number of aryl methyl sites for hydroxylation is 1. The van der Waals surface area contributed by atoms with Crippen LogP contribution in [0, 0.1) is 6.92 Å². The molecule has 0 saturated carbocycles. The molecule has 3 aromatic rings. The molecule has 11 heteroatoms. The van der Waals surface area contributed by atoms with Gasteiger partial charge in [-0.1, -0.05) is 9.24 Å². The van der Waals surface area contributed by atoms with Gasteiger partial charge in [0.2, 0.25) is 0 Å². The van der Waals surface area contributed by atoms with Crippen molar-refractivity contribution in [3.8, 4) is 17.3 Å². The number of hydrogen-bond donors (Lipinski definition) is 0. The fourth-order valence-corrected chi connectivity index (χ4v) is 2.63. The van der Waals surface area contributed by atoms with E-state index in [9.17, 15) is 13.6 Å². The van der Waals surface area contributed by atoms with E-state index in [1.807, 2.05) is 13.0 Å². The van der Waals surface area contributed by atoms with Crippen LogP contribution in [0.2, 0.25) is 0 Å². The Hall–Kier alpha value is -2.37. The molecule has 146 valence electrons. The van der Waals surface area contributed by atoms with Crippen molar-refractivity contribution < 1.29 is 13.5 Å². The standard InChI is InChI=1S/C17H17F2N5O2P2/c1-10-14(27)4-11(5-20-10)8-24-15(25)3-2-13(23-24)12-6-21-16(22-7-12)26-9-17(18,19)28/h2-7H,8-9,27-28H2,1H3. The van der Waals surface area contributed by atoms with Crippen molar-refractivity contribution in [2.24, 2.45) is 0 Å². The van der Waals surface area contributed by atoms with Crippen LogP contribution in [-0.2, 0) is 6.54 Å². The summed E-state index contributed by atoms with van der Waals surface area (Å²) in [7, 11) is 3.98. The molecule has 0 amide bonds. The largest absolute Gasteiger partial charge is 0.457 e. The van der Waals surface area contributed by atoms with E-state index >= 15 is 0 Å². The van der Waals surface area contributed by atoms with Crippen LogP contribution in [-0.4, -0.2) is 37.0 Å². The molecule has 0 radical (unpaired) electrons. The molecule has 3 rings (SSSR count). The molecule has 0 fully saturated rings. The second kappa shape index (κ2) is 8.33. The summed E-state index contributed by atoms with van der Waals surface area (Å²) >= 11 is 0. The van der Waals surface area contributed by atoms with Crippen molar-refractivity contribution in [1.82, 2.24) is 24.7 Å². The monoisotopic (exact) mass is 423 g/mol. The predicted octanol–water partition coefficient (Wildman–Crippen LogP) is 1.80. The highest BCUT2D eigenvalue weighted by Crippen LogP contribution is 2.22. The third-order valence-electron chi connectivity index (χ3n) is 3.70. The minimum atomic E-state index is -3.05. The highest BCUT2D eigenvalue weighted by molar-refractivity contribution is 7.27. The van der Waals surface area contributed by atoms with E-state index in [0.717, 1.165) is 16.6 Å². The summed E-state index contributed by atoms with van der Waals surface area (Å²) in [5, 5.41) is 5.28. The molecule has 0 aliphatic heterocycles. The summed E-state index contributed by atoms with van der Waals surface area (Å²) in [6.07, 6.45) is 4.49. The maximum atomic E-state index is 12.8. The number of aromatic nitrogens is 5. The number of ether oxygens (including phenoxy) is 1. The number of pyridine rings is 1. The lowest BCUT2D eigenvalue weighted by Gasteiger charge is -2.11. The minimum Gasteiger partial charge on any atom is -0.457 e. The predicted molar refractivity (Wildman–Crippen MR) is 107 cm³/mol. The van der Waals surface area contributed by atoms with E-state index in [-0.39, 0.29) is 18.1 Å². The van der Waals surface area contributed by atoms with Gasteiger partial charge in [-0.2, -0.15) is 13.9 Å². The Labute approximate surface area is 164 Å². The second-order valence-corrected chi connectivity index (χ2v) is 7.50. The third-order valence-corrected chi connectivity index (χ3v) is 4.45. The highest BCUT2D eigenvalue weighted by atomic mass is 31.0. The lowest BCUT2D eigenvalue weighted by molar-refractivity contribution is 0.0422. The van der Waals surface area contributed by atoms with E-state index in [2.05, 4.69) is 29.3 Å². The van der Waals surface area contributed by atoms with E-state index in [1.54, 1.807) is 12.3 Å². The Kier molecular flexibility index (Phi) is 6.06. The Morgan fingerprint density at radius 3 is 2.54 bits per heavy atom. The van der Waals surface area contributed by atoms with Gasteiger partial charge < -0.3 is 4.74 Å². The van der Waals surface area contributed by atoms with Crippen LogP contribution in [0.3, 0.4) is 0 Å².